The summed E-state index contributed by atoms with van der Waals surface area (Å²) < 4.78 is 29.8. The van der Waals surface area contributed by atoms with Crippen molar-refractivity contribution >= 4 is 5.97 Å². The summed E-state index contributed by atoms with van der Waals surface area (Å²) in [6.45, 7) is 5.46. The highest BCUT2D eigenvalue weighted by molar-refractivity contribution is 5.92. The Kier molecular flexibility index (Phi) is 5.65. The van der Waals surface area contributed by atoms with Crippen molar-refractivity contribution in [3.8, 4) is 11.8 Å². The number of rotatable bonds is 5. The Bertz CT molecular complexity index is 793. The van der Waals surface area contributed by atoms with Gasteiger partial charge in [0.05, 0.1) is 24.7 Å². The number of carbonyl (C=O) groups excluding carboxylic acids is 1. The molecule has 0 amide bonds. The van der Waals surface area contributed by atoms with Gasteiger partial charge in [0.15, 0.2) is 0 Å². The number of nitriles is 1. The van der Waals surface area contributed by atoms with Crippen molar-refractivity contribution < 1.29 is 23.4 Å². The molecule has 1 heterocycles. The van der Waals surface area contributed by atoms with E-state index in [1.807, 2.05) is 6.07 Å². The van der Waals surface area contributed by atoms with E-state index >= 15 is 0 Å². The van der Waals surface area contributed by atoms with Crippen molar-refractivity contribution in [2.75, 3.05) is 13.2 Å². The maximum Gasteiger partial charge on any atom is 0.338 e. The van der Waals surface area contributed by atoms with Crippen LogP contribution in [0.1, 0.15) is 32.3 Å². The standard InChI is InChI=1S/C18H19FN2O4/c1-4-23-14-7-6-11(19)8-12(14)16-13(9-20)17(21)25-10(3)15(16)18(22)24-5-2/h6-8,16H,4-5,21H2,1-3H3. The normalized spacial score (nSPS) is 17.0. The van der Waals surface area contributed by atoms with Crippen LogP contribution in [0, 0.1) is 17.1 Å². The van der Waals surface area contributed by atoms with E-state index in [2.05, 4.69) is 0 Å². The molecule has 0 bridgehead atoms. The minimum Gasteiger partial charge on any atom is -0.494 e. The first-order valence-electron chi connectivity index (χ1n) is 7.82. The van der Waals surface area contributed by atoms with Crippen molar-refractivity contribution in [1.82, 2.24) is 0 Å². The van der Waals surface area contributed by atoms with Gasteiger partial charge >= 0.3 is 5.97 Å². The number of allylic oxidation sites excluding steroid dienone is 2. The number of esters is 1. The van der Waals surface area contributed by atoms with Gasteiger partial charge in [-0.1, -0.05) is 0 Å². The van der Waals surface area contributed by atoms with Crippen LogP contribution in [0.3, 0.4) is 0 Å². The molecule has 0 fully saturated rings. The number of hydrogen-bond acceptors (Lipinski definition) is 6. The van der Waals surface area contributed by atoms with Crippen molar-refractivity contribution in [1.29, 1.82) is 5.26 Å². The number of carbonyl (C=O) groups is 1. The first kappa shape index (κ1) is 18.3. The van der Waals surface area contributed by atoms with Crippen molar-refractivity contribution in [2.45, 2.75) is 26.7 Å². The van der Waals surface area contributed by atoms with Crippen molar-refractivity contribution in [2.24, 2.45) is 5.73 Å². The molecule has 0 radical (unpaired) electrons. The Labute approximate surface area is 145 Å². The van der Waals surface area contributed by atoms with Crippen LogP contribution in [0.15, 0.2) is 41.0 Å². The van der Waals surface area contributed by atoms with Gasteiger partial charge in [0.2, 0.25) is 5.88 Å². The lowest BCUT2D eigenvalue weighted by molar-refractivity contribution is -0.139. The van der Waals surface area contributed by atoms with Gasteiger partial charge in [-0.25, -0.2) is 9.18 Å². The summed E-state index contributed by atoms with van der Waals surface area (Å²) in [7, 11) is 0. The van der Waals surface area contributed by atoms with Gasteiger partial charge in [-0.2, -0.15) is 5.26 Å². The van der Waals surface area contributed by atoms with Crippen LogP contribution < -0.4 is 10.5 Å². The molecule has 1 unspecified atom stereocenters. The number of nitrogens with zero attached hydrogens (tertiary/aromatic N) is 1. The second-order valence-corrected chi connectivity index (χ2v) is 5.23. The Balaban J connectivity index is 2.71. The van der Waals surface area contributed by atoms with Gasteiger partial charge in [0.25, 0.3) is 0 Å². The van der Waals surface area contributed by atoms with E-state index in [0.717, 1.165) is 0 Å². The zero-order chi connectivity index (χ0) is 18.6. The van der Waals surface area contributed by atoms with Crippen LogP contribution in [0.25, 0.3) is 0 Å². The first-order valence-corrected chi connectivity index (χ1v) is 7.82. The summed E-state index contributed by atoms with van der Waals surface area (Å²) >= 11 is 0. The van der Waals surface area contributed by atoms with Crippen LogP contribution in [-0.2, 0) is 14.3 Å². The summed E-state index contributed by atoms with van der Waals surface area (Å²) in [5.74, 6) is -1.70. The number of benzene rings is 1. The van der Waals surface area contributed by atoms with Crippen LogP contribution in [-0.4, -0.2) is 19.2 Å². The van der Waals surface area contributed by atoms with E-state index in [1.54, 1.807) is 20.8 Å². The van der Waals surface area contributed by atoms with E-state index in [1.165, 1.54) is 18.2 Å². The van der Waals surface area contributed by atoms with Gasteiger partial charge in [-0.3, -0.25) is 0 Å². The first-order chi connectivity index (χ1) is 11.9. The molecule has 0 aromatic heterocycles. The number of halogens is 1. The van der Waals surface area contributed by atoms with Crippen molar-refractivity contribution in [3.05, 3.63) is 52.4 Å². The molecule has 0 spiro atoms. The molecule has 1 atom stereocenters. The van der Waals surface area contributed by atoms with Crippen LogP contribution >= 0.6 is 0 Å². The molecule has 132 valence electrons. The zero-order valence-electron chi connectivity index (χ0n) is 14.3. The van der Waals surface area contributed by atoms with Gasteiger partial charge in [-0.05, 0) is 39.0 Å². The molecule has 6 nitrogen and oxygen atoms in total. The van der Waals surface area contributed by atoms with E-state index < -0.39 is 17.7 Å². The topological polar surface area (TPSA) is 94.6 Å². The van der Waals surface area contributed by atoms with E-state index in [-0.39, 0.29) is 29.4 Å². The predicted molar refractivity (Wildman–Crippen MR) is 87.6 cm³/mol. The molecule has 1 aliphatic rings. The second kappa shape index (κ2) is 7.71. The highest BCUT2D eigenvalue weighted by Crippen LogP contribution is 2.43. The molecule has 25 heavy (non-hydrogen) atoms. The minimum absolute atomic E-state index is 0.000191. The van der Waals surface area contributed by atoms with E-state index in [0.29, 0.717) is 17.9 Å². The largest absolute Gasteiger partial charge is 0.494 e. The molecule has 0 saturated heterocycles. The van der Waals surface area contributed by atoms with Crippen LogP contribution in [0.4, 0.5) is 4.39 Å². The second-order valence-electron chi connectivity index (χ2n) is 5.23. The summed E-state index contributed by atoms with van der Waals surface area (Å²) in [5, 5.41) is 9.52. The van der Waals surface area contributed by atoms with Crippen LogP contribution in [0.5, 0.6) is 5.75 Å². The number of nitrogens with two attached hydrogens (primary N) is 1. The zero-order valence-corrected chi connectivity index (χ0v) is 14.3. The lowest BCUT2D eigenvalue weighted by Crippen LogP contribution is -2.26. The monoisotopic (exact) mass is 346 g/mol. The third-order valence-electron chi connectivity index (χ3n) is 3.68. The van der Waals surface area contributed by atoms with Crippen molar-refractivity contribution in [3.63, 3.8) is 0 Å². The van der Waals surface area contributed by atoms with E-state index in [9.17, 15) is 14.4 Å². The highest BCUT2D eigenvalue weighted by Gasteiger charge is 2.38. The molecule has 2 N–H and O–H groups in total. The fourth-order valence-electron chi connectivity index (χ4n) is 2.70. The summed E-state index contributed by atoms with van der Waals surface area (Å²) in [4.78, 5) is 12.4. The third-order valence-corrected chi connectivity index (χ3v) is 3.68. The third kappa shape index (κ3) is 3.58. The minimum atomic E-state index is -0.935. The fourth-order valence-corrected chi connectivity index (χ4v) is 2.70. The molecule has 1 aliphatic heterocycles. The molecule has 1 aromatic rings. The summed E-state index contributed by atoms with van der Waals surface area (Å²) in [6.07, 6.45) is 0. The molecule has 7 heteroatoms. The lowest BCUT2D eigenvalue weighted by atomic mass is 9.82. The average molecular weight is 346 g/mol. The molecular weight excluding hydrogens is 327 g/mol. The van der Waals surface area contributed by atoms with E-state index in [4.69, 9.17) is 19.9 Å². The van der Waals surface area contributed by atoms with Gasteiger partial charge in [0.1, 0.15) is 29.0 Å². The maximum atomic E-state index is 13.9. The van der Waals surface area contributed by atoms with Crippen LogP contribution in [0.2, 0.25) is 0 Å². The summed E-state index contributed by atoms with van der Waals surface area (Å²) in [5.41, 5.74) is 6.23. The quantitative estimate of drug-likeness (QED) is 0.824. The lowest BCUT2D eigenvalue weighted by Gasteiger charge is -2.28. The molecular formula is C18H19FN2O4. The fraction of sp³-hybridized carbons (Fsp3) is 0.333. The molecule has 0 aliphatic carbocycles. The molecule has 0 saturated carbocycles. The highest BCUT2D eigenvalue weighted by atomic mass is 19.1. The number of hydrogen-bond donors (Lipinski definition) is 1. The maximum absolute atomic E-state index is 13.9. The predicted octanol–water partition coefficient (Wildman–Crippen LogP) is 2.87. The van der Waals surface area contributed by atoms with Gasteiger partial charge < -0.3 is 19.9 Å². The molecule has 1 aromatic carbocycles. The Morgan fingerprint density at radius 3 is 2.72 bits per heavy atom. The smallest absolute Gasteiger partial charge is 0.338 e. The Morgan fingerprint density at radius 2 is 2.12 bits per heavy atom. The SMILES string of the molecule is CCOC(=O)C1=C(C)OC(N)=C(C#N)C1c1cc(F)ccc1OCC. The Morgan fingerprint density at radius 1 is 1.40 bits per heavy atom. The number of ether oxygens (including phenoxy) is 3. The Hall–Kier alpha value is -3.01. The van der Waals surface area contributed by atoms with Gasteiger partial charge in [-0.15, -0.1) is 0 Å². The molecule has 2 rings (SSSR count). The summed E-state index contributed by atoms with van der Waals surface area (Å²) in [6, 6.07) is 5.86. The van der Waals surface area contributed by atoms with Gasteiger partial charge in [0, 0.05) is 5.56 Å². The average Bonchev–Trinajstić information content (AvgIpc) is 2.56.